The third-order valence-corrected chi connectivity index (χ3v) is 6.18. The van der Waals surface area contributed by atoms with E-state index in [1.54, 1.807) is 0 Å². The third kappa shape index (κ3) is 3.02. The molecule has 0 unspecified atom stereocenters. The molecule has 1 aromatic carbocycles. The van der Waals surface area contributed by atoms with E-state index in [2.05, 4.69) is 0 Å². The zero-order chi connectivity index (χ0) is 21.7. The van der Waals surface area contributed by atoms with Crippen LogP contribution in [0.3, 0.4) is 0 Å². The second-order valence-electron chi connectivity index (χ2n) is 6.00. The Kier molecular flexibility index (Phi) is 4.66. The van der Waals surface area contributed by atoms with Crippen LogP contribution in [0.4, 0.5) is 5.82 Å². The summed E-state index contributed by atoms with van der Waals surface area (Å²) in [6, 6.07) is 2.75. The van der Waals surface area contributed by atoms with Gasteiger partial charge in [0.05, 0.1) is 34.6 Å². The number of fused-ring (bicyclic) bond motifs is 1. The number of carbonyl (C=O) groups is 3. The lowest BCUT2D eigenvalue weighted by Crippen LogP contribution is -2.26. The van der Waals surface area contributed by atoms with Crippen molar-refractivity contribution in [3.63, 3.8) is 0 Å². The molecule has 0 radical (unpaired) electrons. The Labute approximate surface area is 163 Å². The predicted molar refractivity (Wildman–Crippen MR) is 99.5 cm³/mol. The second kappa shape index (κ2) is 6.74. The maximum absolute atomic E-state index is 12.7. The molecular weight excluding hydrogens is 406 g/mol. The molecule has 4 N–H and O–H groups in total. The number of rotatable bonds is 5. The number of aromatic carboxylic acids is 1. The Hall–Kier alpha value is -3.67. The number of pyridine rings is 1. The number of methoxy groups -OCH3 is 1. The molecule has 0 spiro atoms. The predicted octanol–water partition coefficient (Wildman–Crippen LogP) is -0.196. The van der Waals surface area contributed by atoms with Crippen LogP contribution in [0.5, 0.6) is 5.75 Å². The average molecular weight is 421 g/mol. The number of amides is 2. The van der Waals surface area contributed by atoms with Crippen molar-refractivity contribution in [2.24, 2.45) is 0 Å². The first-order valence-corrected chi connectivity index (χ1v) is 9.78. The van der Waals surface area contributed by atoms with Gasteiger partial charge in [0.15, 0.2) is 9.84 Å². The fourth-order valence-corrected chi connectivity index (χ4v) is 4.07. The van der Waals surface area contributed by atoms with E-state index in [0.717, 1.165) is 22.8 Å². The van der Waals surface area contributed by atoms with E-state index in [-0.39, 0.29) is 22.6 Å². The molecule has 2 amide bonds. The van der Waals surface area contributed by atoms with Gasteiger partial charge in [-0.25, -0.2) is 13.2 Å². The molecule has 0 bridgehead atoms. The van der Waals surface area contributed by atoms with E-state index in [0.29, 0.717) is 0 Å². The first-order chi connectivity index (χ1) is 13.5. The van der Waals surface area contributed by atoms with Crippen molar-refractivity contribution in [2.45, 2.75) is 11.8 Å². The number of aromatic nitrogens is 1. The van der Waals surface area contributed by atoms with Gasteiger partial charge in [0, 0.05) is 12.1 Å². The highest BCUT2D eigenvalue weighted by Crippen LogP contribution is 2.32. The second-order valence-corrected chi connectivity index (χ2v) is 8.25. The summed E-state index contributed by atoms with van der Waals surface area (Å²) in [5.74, 6) is -4.18. The largest absolute Gasteiger partial charge is 0.496 e. The van der Waals surface area contributed by atoms with Gasteiger partial charge in [-0.05, 0) is 6.07 Å². The zero-order valence-electron chi connectivity index (χ0n) is 15.2. The molecule has 0 saturated heterocycles. The third-order valence-electron chi connectivity index (χ3n) is 4.42. The van der Waals surface area contributed by atoms with Crippen molar-refractivity contribution in [1.29, 1.82) is 0 Å². The van der Waals surface area contributed by atoms with Crippen molar-refractivity contribution in [3.8, 4) is 11.4 Å². The van der Waals surface area contributed by atoms with Gasteiger partial charge in [0.1, 0.15) is 17.1 Å². The van der Waals surface area contributed by atoms with Crippen LogP contribution in [0.15, 0.2) is 27.9 Å². The van der Waals surface area contributed by atoms with E-state index >= 15 is 0 Å². The Morgan fingerprint density at radius 1 is 1.21 bits per heavy atom. The molecule has 2 heterocycles. The molecule has 0 saturated carbocycles. The molecule has 152 valence electrons. The van der Waals surface area contributed by atoms with Crippen LogP contribution in [-0.2, 0) is 9.84 Å². The number of anilines is 1. The SMILES string of the molecule is CCS(=O)(=O)c1cc(C(=O)O)c(OC)cc1-n1c(N)c2c(cc1=O)C(=O)NC2=O. The van der Waals surface area contributed by atoms with Gasteiger partial charge < -0.3 is 15.6 Å². The Morgan fingerprint density at radius 3 is 2.41 bits per heavy atom. The van der Waals surface area contributed by atoms with Gasteiger partial charge >= 0.3 is 5.97 Å². The lowest BCUT2D eigenvalue weighted by Gasteiger charge is -2.18. The normalized spacial score (nSPS) is 13.2. The monoisotopic (exact) mass is 421 g/mol. The smallest absolute Gasteiger partial charge is 0.339 e. The maximum atomic E-state index is 12.7. The fourth-order valence-electron chi connectivity index (χ4n) is 2.99. The summed E-state index contributed by atoms with van der Waals surface area (Å²) in [4.78, 5) is 47.5. The number of sulfone groups is 1. The zero-order valence-corrected chi connectivity index (χ0v) is 16.0. The summed E-state index contributed by atoms with van der Waals surface area (Å²) in [5.41, 5.74) is 3.82. The van der Waals surface area contributed by atoms with Gasteiger partial charge in [0.2, 0.25) is 0 Å². The number of hydrogen-bond donors (Lipinski definition) is 3. The molecule has 29 heavy (non-hydrogen) atoms. The van der Waals surface area contributed by atoms with Gasteiger partial charge in [-0.3, -0.25) is 24.3 Å². The van der Waals surface area contributed by atoms with Crippen LogP contribution in [0.2, 0.25) is 0 Å². The minimum atomic E-state index is -4.03. The molecular formula is C17H15N3O8S. The first kappa shape index (κ1) is 20.1. The molecule has 11 nitrogen and oxygen atoms in total. The number of nitrogen functional groups attached to an aromatic ring is 1. The molecule has 0 fully saturated rings. The van der Waals surface area contributed by atoms with Crippen LogP contribution >= 0.6 is 0 Å². The number of nitrogens with zero attached hydrogens (tertiary/aromatic N) is 1. The average Bonchev–Trinajstić information content (AvgIpc) is 2.94. The summed E-state index contributed by atoms with van der Waals surface area (Å²) in [5, 5.41) is 11.4. The highest BCUT2D eigenvalue weighted by atomic mass is 32.2. The highest BCUT2D eigenvalue weighted by Gasteiger charge is 2.33. The fraction of sp³-hybridized carbons (Fsp3) is 0.176. The first-order valence-electron chi connectivity index (χ1n) is 8.13. The minimum absolute atomic E-state index is 0.227. The standard InChI is InChI=1S/C17H15N3O8S/c1-3-29(26,27)11-4-7(17(24)25)10(28-2)6-9(11)20-12(21)5-8-13(14(20)18)16(23)19-15(8)22/h4-6H,3,18H2,1-2H3,(H,24,25)(H,19,22,23). The number of carbonyl (C=O) groups excluding carboxylic acids is 2. The maximum Gasteiger partial charge on any atom is 0.339 e. The summed E-state index contributed by atoms with van der Waals surface area (Å²) < 4.78 is 31.0. The lowest BCUT2D eigenvalue weighted by atomic mass is 10.1. The summed E-state index contributed by atoms with van der Waals surface area (Å²) in [6.07, 6.45) is 0. The topological polar surface area (TPSA) is 175 Å². The Morgan fingerprint density at radius 2 is 1.86 bits per heavy atom. The molecule has 1 aliphatic heterocycles. The lowest BCUT2D eigenvalue weighted by molar-refractivity contribution is 0.0692. The minimum Gasteiger partial charge on any atom is -0.496 e. The van der Waals surface area contributed by atoms with Crippen molar-refractivity contribution in [2.75, 3.05) is 18.6 Å². The number of nitrogens with two attached hydrogens (primary N) is 1. The van der Waals surface area contributed by atoms with E-state index in [9.17, 15) is 32.7 Å². The van der Waals surface area contributed by atoms with Gasteiger partial charge in [0.25, 0.3) is 17.4 Å². The molecule has 12 heteroatoms. The van der Waals surface area contributed by atoms with Crippen LogP contribution < -0.4 is 21.3 Å². The summed E-state index contributed by atoms with van der Waals surface area (Å²) in [7, 11) is -2.86. The van der Waals surface area contributed by atoms with Crippen LogP contribution in [0.1, 0.15) is 38.0 Å². The highest BCUT2D eigenvalue weighted by molar-refractivity contribution is 7.91. The molecule has 2 aromatic rings. The molecule has 0 atom stereocenters. The Bertz CT molecular complexity index is 1260. The number of carboxylic acid groups (broad SMARTS) is 1. The number of nitrogens with one attached hydrogen (secondary N) is 1. The Balaban J connectivity index is 2.48. The summed E-state index contributed by atoms with van der Waals surface area (Å²) >= 11 is 0. The van der Waals surface area contributed by atoms with E-state index < -0.39 is 55.2 Å². The van der Waals surface area contributed by atoms with Gasteiger partial charge in [-0.1, -0.05) is 6.92 Å². The van der Waals surface area contributed by atoms with Crippen LogP contribution in [0, 0.1) is 0 Å². The van der Waals surface area contributed by atoms with Gasteiger partial charge in [-0.2, -0.15) is 0 Å². The number of imide groups is 1. The molecule has 3 rings (SSSR count). The van der Waals surface area contributed by atoms with Crippen LogP contribution in [0.25, 0.3) is 5.69 Å². The molecule has 1 aliphatic rings. The van der Waals surface area contributed by atoms with E-state index in [1.807, 2.05) is 5.32 Å². The summed E-state index contributed by atoms with van der Waals surface area (Å²) in [6.45, 7) is 1.34. The van der Waals surface area contributed by atoms with Crippen molar-refractivity contribution >= 4 is 33.4 Å². The number of hydrogen-bond acceptors (Lipinski definition) is 8. The molecule has 1 aromatic heterocycles. The van der Waals surface area contributed by atoms with Crippen molar-refractivity contribution in [3.05, 3.63) is 45.2 Å². The number of ether oxygens (including phenoxy) is 1. The number of benzene rings is 1. The van der Waals surface area contributed by atoms with E-state index in [4.69, 9.17) is 10.5 Å². The number of carboxylic acids is 1. The van der Waals surface area contributed by atoms with Gasteiger partial charge in [-0.15, -0.1) is 0 Å². The quantitative estimate of drug-likeness (QED) is 0.552. The van der Waals surface area contributed by atoms with Crippen LogP contribution in [-0.4, -0.2) is 48.7 Å². The molecule has 0 aliphatic carbocycles. The van der Waals surface area contributed by atoms with Crippen molar-refractivity contribution < 1.29 is 32.6 Å². The van der Waals surface area contributed by atoms with Crippen molar-refractivity contribution in [1.82, 2.24) is 9.88 Å². The van der Waals surface area contributed by atoms with E-state index in [1.165, 1.54) is 14.0 Å².